The van der Waals surface area contributed by atoms with Crippen LogP contribution in [-0.4, -0.2) is 21.1 Å². The van der Waals surface area contributed by atoms with Gasteiger partial charge in [0.2, 0.25) is 0 Å². The quantitative estimate of drug-likeness (QED) is 0.461. The molecule has 0 aromatic rings. The third kappa shape index (κ3) is 2.78. The smallest absolute Gasteiger partial charge is 0.287 e. The molecule has 2 aliphatic heterocycles. The third-order valence-corrected chi connectivity index (χ3v) is 3.47. The lowest BCUT2D eigenvalue weighted by Crippen LogP contribution is -2.08. The highest BCUT2D eigenvalue weighted by molar-refractivity contribution is 7.94. The van der Waals surface area contributed by atoms with Crippen LogP contribution < -0.4 is 5.73 Å². The van der Waals surface area contributed by atoms with Gasteiger partial charge in [0.25, 0.3) is 5.70 Å². The molecule has 0 radical (unpaired) electrons. The van der Waals surface area contributed by atoms with Crippen molar-refractivity contribution >= 4 is 22.4 Å². The van der Waals surface area contributed by atoms with Crippen LogP contribution in [0.5, 0.6) is 0 Å². The van der Waals surface area contributed by atoms with E-state index in [0.29, 0.717) is 16.4 Å². The minimum absolute atomic E-state index is 0.0270. The minimum atomic E-state index is -1.26. The Bertz CT molecular complexity index is 426. The zero-order chi connectivity index (χ0) is 12.3. The summed E-state index contributed by atoms with van der Waals surface area (Å²) in [6, 6.07) is 0. The van der Waals surface area contributed by atoms with Crippen molar-refractivity contribution in [1.29, 1.82) is 0 Å². The van der Waals surface area contributed by atoms with Crippen molar-refractivity contribution in [3.8, 4) is 0 Å². The number of nitro groups is 1. The van der Waals surface area contributed by atoms with Gasteiger partial charge >= 0.3 is 0 Å². The molecule has 2 atom stereocenters. The average molecular weight is 263 g/mol. The number of hydrogen-bond donors (Lipinski definition) is 1. The molecular formula is C9H11ClN2O3S. The molecule has 2 aliphatic rings. The van der Waals surface area contributed by atoms with Gasteiger partial charge in [-0.2, -0.15) is 0 Å². The van der Waals surface area contributed by atoms with Crippen LogP contribution in [0.3, 0.4) is 0 Å². The van der Waals surface area contributed by atoms with Gasteiger partial charge < -0.3 is 5.73 Å². The number of fused-ring (bicyclic) bond motifs is 2. The maximum absolute atomic E-state index is 11.1. The van der Waals surface area contributed by atoms with Gasteiger partial charge in [-0.1, -0.05) is 0 Å². The van der Waals surface area contributed by atoms with Gasteiger partial charge in [-0.05, 0) is 19.1 Å². The second-order valence-electron chi connectivity index (χ2n) is 3.17. The standard InChI is InChI=1S/C6H3NO3S.C3H8ClN/c8-7(9)5-3-4-1-2-6(5)11(4)10;1-3(4)2-5/h1-3H;3H,2,5H2,1H3. The summed E-state index contributed by atoms with van der Waals surface area (Å²) in [6.07, 6.45) is 4.52. The van der Waals surface area contributed by atoms with Crippen molar-refractivity contribution in [2.24, 2.45) is 5.73 Å². The first-order chi connectivity index (χ1) is 7.47. The highest BCUT2D eigenvalue weighted by Crippen LogP contribution is 2.33. The van der Waals surface area contributed by atoms with Gasteiger partial charge in [0.1, 0.15) is 4.91 Å². The molecule has 5 nitrogen and oxygen atoms in total. The first kappa shape index (κ1) is 13.1. The number of allylic oxidation sites excluding steroid dienone is 3. The van der Waals surface area contributed by atoms with Crippen LogP contribution in [0.25, 0.3) is 0 Å². The summed E-state index contributed by atoms with van der Waals surface area (Å²) in [5, 5.41) is 10.4. The summed E-state index contributed by atoms with van der Waals surface area (Å²) in [6.45, 7) is 2.43. The predicted octanol–water partition coefficient (Wildman–Crippen LogP) is 1.26. The Labute approximate surface area is 100 Å². The van der Waals surface area contributed by atoms with Gasteiger partial charge in [-0.3, -0.25) is 10.1 Å². The van der Waals surface area contributed by atoms with Crippen molar-refractivity contribution in [2.45, 2.75) is 12.3 Å². The lowest BCUT2D eigenvalue weighted by atomic mass is 10.2. The Hall–Kier alpha value is -0.980. The summed E-state index contributed by atoms with van der Waals surface area (Å²) >= 11 is 5.34. The normalized spacial score (nSPS) is 22.7. The van der Waals surface area contributed by atoms with E-state index < -0.39 is 15.7 Å². The van der Waals surface area contributed by atoms with Crippen molar-refractivity contribution in [2.75, 3.05) is 6.54 Å². The SMILES string of the molecule is CC(Cl)CN.O=[N+]([O-])C1=C2C=CC(=C1)S2=O. The molecule has 2 unspecified atom stereocenters. The first-order valence-corrected chi connectivity index (χ1v) is 6.10. The van der Waals surface area contributed by atoms with Crippen LogP contribution in [0.4, 0.5) is 0 Å². The van der Waals surface area contributed by atoms with Gasteiger partial charge in [0.05, 0.1) is 20.6 Å². The summed E-state index contributed by atoms with van der Waals surface area (Å²) < 4.78 is 11.1. The average Bonchev–Trinajstić information content (AvgIpc) is 2.75. The number of nitrogens with zero attached hydrogens (tertiary/aromatic N) is 1. The Morgan fingerprint density at radius 3 is 2.38 bits per heavy atom. The Balaban J connectivity index is 0.000000221. The summed E-state index contributed by atoms with van der Waals surface area (Å²) in [5.41, 5.74) is 5.01. The van der Waals surface area contributed by atoms with Crippen LogP contribution >= 0.6 is 11.6 Å². The fourth-order valence-corrected chi connectivity index (χ4v) is 2.22. The number of rotatable bonds is 2. The molecule has 2 bridgehead atoms. The molecule has 0 aromatic carbocycles. The molecule has 2 N–H and O–H groups in total. The molecule has 88 valence electrons. The number of halogens is 1. The molecule has 2 rings (SSSR count). The fourth-order valence-electron chi connectivity index (χ4n) is 1.04. The van der Waals surface area contributed by atoms with E-state index in [0.717, 1.165) is 0 Å². The Kier molecular flexibility index (Phi) is 4.40. The highest BCUT2D eigenvalue weighted by atomic mass is 35.5. The molecule has 0 saturated heterocycles. The van der Waals surface area contributed by atoms with Gasteiger partial charge in [-0.25, -0.2) is 4.21 Å². The van der Waals surface area contributed by atoms with E-state index in [1.54, 1.807) is 6.08 Å². The molecule has 0 spiro atoms. The Morgan fingerprint density at radius 2 is 2.19 bits per heavy atom. The van der Waals surface area contributed by atoms with Gasteiger partial charge in [-0.15, -0.1) is 11.6 Å². The number of alkyl halides is 1. The van der Waals surface area contributed by atoms with E-state index in [1.807, 2.05) is 6.92 Å². The molecule has 0 aliphatic carbocycles. The van der Waals surface area contributed by atoms with Crippen molar-refractivity contribution < 1.29 is 9.13 Å². The zero-order valence-corrected chi connectivity index (χ0v) is 10.1. The largest absolute Gasteiger partial charge is 0.329 e. The molecule has 2 heterocycles. The zero-order valence-electron chi connectivity index (χ0n) is 8.55. The fraction of sp³-hybridized carbons (Fsp3) is 0.333. The van der Waals surface area contributed by atoms with E-state index in [-0.39, 0.29) is 11.1 Å². The summed E-state index contributed by atoms with van der Waals surface area (Å²) in [4.78, 5) is 10.6. The minimum Gasteiger partial charge on any atom is -0.329 e. The summed E-state index contributed by atoms with van der Waals surface area (Å²) in [5.74, 6) is 0. The molecule has 0 amide bonds. The lowest BCUT2D eigenvalue weighted by molar-refractivity contribution is -0.419. The van der Waals surface area contributed by atoms with Crippen LogP contribution in [0.1, 0.15) is 6.92 Å². The van der Waals surface area contributed by atoms with Crippen LogP contribution in [0, 0.1) is 10.1 Å². The predicted molar refractivity (Wildman–Crippen MR) is 63.8 cm³/mol. The van der Waals surface area contributed by atoms with E-state index in [1.165, 1.54) is 12.2 Å². The topological polar surface area (TPSA) is 86.2 Å². The maximum Gasteiger partial charge on any atom is 0.287 e. The maximum atomic E-state index is 11.1. The molecule has 0 aromatic heterocycles. The van der Waals surface area contributed by atoms with Crippen molar-refractivity contribution in [1.82, 2.24) is 0 Å². The van der Waals surface area contributed by atoms with Gasteiger partial charge in [0, 0.05) is 18.0 Å². The van der Waals surface area contributed by atoms with E-state index >= 15 is 0 Å². The van der Waals surface area contributed by atoms with Gasteiger partial charge in [0.15, 0.2) is 0 Å². The monoisotopic (exact) mass is 262 g/mol. The first-order valence-electron chi connectivity index (χ1n) is 4.51. The van der Waals surface area contributed by atoms with Crippen molar-refractivity contribution in [3.63, 3.8) is 0 Å². The lowest BCUT2D eigenvalue weighted by Gasteiger charge is -1.88. The number of nitrogens with two attached hydrogens (primary N) is 1. The van der Waals surface area contributed by atoms with E-state index in [4.69, 9.17) is 17.3 Å². The molecule has 0 fully saturated rings. The van der Waals surface area contributed by atoms with E-state index in [9.17, 15) is 14.3 Å². The summed E-state index contributed by atoms with van der Waals surface area (Å²) in [7, 11) is -1.26. The van der Waals surface area contributed by atoms with Crippen LogP contribution in [-0.2, 0) is 10.8 Å². The second-order valence-corrected chi connectivity index (χ2v) is 5.37. The van der Waals surface area contributed by atoms with Crippen molar-refractivity contribution in [3.05, 3.63) is 43.8 Å². The highest BCUT2D eigenvalue weighted by Gasteiger charge is 2.32. The molecule has 0 saturated carbocycles. The molecule has 7 heteroatoms. The molecule has 16 heavy (non-hydrogen) atoms. The second kappa shape index (κ2) is 5.38. The van der Waals surface area contributed by atoms with E-state index in [2.05, 4.69) is 0 Å². The number of hydrogen-bond acceptors (Lipinski definition) is 4. The van der Waals surface area contributed by atoms with Crippen LogP contribution in [0.15, 0.2) is 33.7 Å². The Morgan fingerprint density at radius 1 is 1.62 bits per heavy atom. The third-order valence-electron chi connectivity index (χ3n) is 1.87. The molecular weight excluding hydrogens is 252 g/mol. The van der Waals surface area contributed by atoms with Crippen LogP contribution in [0.2, 0.25) is 0 Å².